The Hall–Kier alpha value is -1.89. The predicted molar refractivity (Wildman–Crippen MR) is 91.5 cm³/mol. The molecule has 0 saturated carbocycles. The number of hydrogen-bond acceptors (Lipinski definition) is 1. The number of ketones is 1. The normalized spacial score (nSPS) is 14.5. The quantitative estimate of drug-likeness (QED) is 0.690. The first-order valence-electron chi connectivity index (χ1n) is 8.18. The number of Topliss-reactive ketones (excluding diaryl/α,β-unsaturated/α-hetero) is 1. The fourth-order valence-electron chi connectivity index (χ4n) is 3.05. The summed E-state index contributed by atoms with van der Waals surface area (Å²) in [4.78, 5) is 12.8. The molecule has 1 heteroatoms. The van der Waals surface area contributed by atoms with Gasteiger partial charge in [-0.25, -0.2) is 0 Å². The van der Waals surface area contributed by atoms with Gasteiger partial charge in [-0.15, -0.1) is 0 Å². The Labute approximate surface area is 133 Å². The molecule has 0 radical (unpaired) electrons. The van der Waals surface area contributed by atoms with Crippen molar-refractivity contribution >= 4 is 5.78 Å². The minimum Gasteiger partial charge on any atom is -0.294 e. The highest BCUT2D eigenvalue weighted by Crippen LogP contribution is 2.26. The van der Waals surface area contributed by atoms with E-state index >= 15 is 0 Å². The van der Waals surface area contributed by atoms with Crippen molar-refractivity contribution < 1.29 is 4.79 Å². The zero-order valence-electron chi connectivity index (χ0n) is 13.8. The van der Waals surface area contributed by atoms with Gasteiger partial charge in [0.2, 0.25) is 0 Å². The standard InChI is InChI=1S/C21H24O/c1-21(2,3)20(22)19-14-17-9-8-15-4-6-16(7-5-15)10-12-18(19)13-11-17/h4-7,11,13-14H,8-10,12H2,1-3H3. The van der Waals surface area contributed by atoms with E-state index in [9.17, 15) is 4.79 Å². The van der Waals surface area contributed by atoms with E-state index in [-0.39, 0.29) is 11.2 Å². The molecule has 0 aromatic heterocycles. The van der Waals surface area contributed by atoms with Gasteiger partial charge >= 0.3 is 0 Å². The van der Waals surface area contributed by atoms with Gasteiger partial charge in [-0.3, -0.25) is 4.79 Å². The van der Waals surface area contributed by atoms with Crippen molar-refractivity contribution in [1.29, 1.82) is 0 Å². The van der Waals surface area contributed by atoms with Crippen molar-refractivity contribution in [3.8, 4) is 0 Å². The van der Waals surface area contributed by atoms with Crippen LogP contribution in [0.3, 0.4) is 0 Å². The van der Waals surface area contributed by atoms with Gasteiger partial charge in [0, 0.05) is 11.0 Å². The van der Waals surface area contributed by atoms with E-state index < -0.39 is 0 Å². The molecule has 0 heterocycles. The number of aryl methyl sites for hydroxylation is 4. The first kappa shape index (κ1) is 15.0. The van der Waals surface area contributed by atoms with Crippen molar-refractivity contribution in [2.24, 2.45) is 5.41 Å². The molecule has 0 atom stereocenters. The number of carbonyl (C=O) groups excluding carboxylic acids is 1. The number of carbonyl (C=O) groups is 1. The summed E-state index contributed by atoms with van der Waals surface area (Å²) in [7, 11) is 0. The molecule has 4 bridgehead atoms. The van der Waals surface area contributed by atoms with Gasteiger partial charge in [0.05, 0.1) is 0 Å². The molecule has 0 aliphatic heterocycles. The molecule has 2 aromatic rings. The molecule has 0 fully saturated rings. The van der Waals surface area contributed by atoms with Crippen molar-refractivity contribution in [3.63, 3.8) is 0 Å². The summed E-state index contributed by atoms with van der Waals surface area (Å²) >= 11 is 0. The summed E-state index contributed by atoms with van der Waals surface area (Å²) in [5.41, 5.74) is 5.78. The Morgan fingerprint density at radius 1 is 0.773 bits per heavy atom. The number of benzene rings is 2. The number of hydrogen-bond donors (Lipinski definition) is 0. The van der Waals surface area contributed by atoms with Crippen molar-refractivity contribution in [1.82, 2.24) is 0 Å². The smallest absolute Gasteiger partial charge is 0.168 e. The van der Waals surface area contributed by atoms with Crippen LogP contribution in [0.15, 0.2) is 42.5 Å². The molecule has 0 spiro atoms. The fourth-order valence-corrected chi connectivity index (χ4v) is 3.05. The van der Waals surface area contributed by atoms with Crippen molar-refractivity contribution in [3.05, 3.63) is 70.3 Å². The van der Waals surface area contributed by atoms with Crippen LogP contribution in [0, 0.1) is 5.41 Å². The highest BCUT2D eigenvalue weighted by molar-refractivity contribution is 6.01. The Balaban J connectivity index is 2.02. The van der Waals surface area contributed by atoms with E-state index in [1.807, 2.05) is 20.8 Å². The summed E-state index contributed by atoms with van der Waals surface area (Å²) in [6.45, 7) is 6.02. The Bertz CT molecular complexity index is 687. The summed E-state index contributed by atoms with van der Waals surface area (Å²) in [6.07, 6.45) is 3.94. The molecular weight excluding hydrogens is 268 g/mol. The molecule has 4 aliphatic carbocycles. The van der Waals surface area contributed by atoms with Crippen molar-refractivity contribution in [2.45, 2.75) is 46.5 Å². The first-order valence-corrected chi connectivity index (χ1v) is 8.18. The maximum atomic E-state index is 12.8. The molecule has 2 aromatic carbocycles. The molecule has 1 nitrogen and oxygen atoms in total. The Kier molecular flexibility index (Phi) is 3.90. The average molecular weight is 292 g/mol. The molecule has 0 N–H and O–H groups in total. The van der Waals surface area contributed by atoms with Crippen LogP contribution >= 0.6 is 0 Å². The third-order valence-corrected chi connectivity index (χ3v) is 4.51. The lowest BCUT2D eigenvalue weighted by Gasteiger charge is -2.20. The molecule has 22 heavy (non-hydrogen) atoms. The lowest BCUT2D eigenvalue weighted by molar-refractivity contribution is 0.0857. The monoisotopic (exact) mass is 292 g/mol. The molecule has 6 rings (SSSR count). The van der Waals surface area contributed by atoms with Crippen LogP contribution in [0.25, 0.3) is 0 Å². The van der Waals surface area contributed by atoms with Crippen molar-refractivity contribution in [2.75, 3.05) is 0 Å². The van der Waals surface area contributed by atoms with Gasteiger partial charge in [-0.1, -0.05) is 57.2 Å². The fraction of sp³-hybridized carbons (Fsp3) is 0.381. The maximum absolute atomic E-state index is 12.8. The first-order chi connectivity index (χ1) is 10.4. The van der Waals surface area contributed by atoms with E-state index in [1.54, 1.807) is 0 Å². The summed E-state index contributed by atoms with van der Waals surface area (Å²) in [5.74, 6) is 0.260. The summed E-state index contributed by atoms with van der Waals surface area (Å²) < 4.78 is 0. The third-order valence-electron chi connectivity index (χ3n) is 4.51. The van der Waals surface area contributed by atoms with E-state index in [0.29, 0.717) is 0 Å². The van der Waals surface area contributed by atoms with Crippen LogP contribution in [0.1, 0.15) is 53.4 Å². The second-order valence-electron chi connectivity index (χ2n) is 7.39. The molecule has 0 amide bonds. The molecular formula is C21H24O. The Morgan fingerprint density at radius 3 is 1.86 bits per heavy atom. The lowest BCUT2D eigenvalue weighted by Crippen LogP contribution is -2.22. The summed E-state index contributed by atoms with van der Waals surface area (Å²) in [6, 6.07) is 15.4. The van der Waals surface area contributed by atoms with Gasteiger partial charge in [-0.2, -0.15) is 0 Å². The van der Waals surface area contributed by atoms with Gasteiger partial charge in [0.15, 0.2) is 5.78 Å². The molecule has 0 saturated heterocycles. The second-order valence-corrected chi connectivity index (χ2v) is 7.39. The van der Waals surface area contributed by atoms with Crippen LogP contribution in [0.4, 0.5) is 0 Å². The Morgan fingerprint density at radius 2 is 1.27 bits per heavy atom. The van der Waals surface area contributed by atoms with Crippen LogP contribution in [0.2, 0.25) is 0 Å². The molecule has 114 valence electrons. The van der Waals surface area contributed by atoms with E-state index in [2.05, 4.69) is 42.5 Å². The predicted octanol–water partition coefficient (Wildman–Crippen LogP) is 4.80. The maximum Gasteiger partial charge on any atom is 0.168 e. The van der Waals surface area contributed by atoms with Crippen LogP contribution in [-0.4, -0.2) is 5.78 Å². The lowest BCUT2D eigenvalue weighted by atomic mass is 9.82. The summed E-state index contributed by atoms with van der Waals surface area (Å²) in [5, 5.41) is 0. The minimum atomic E-state index is -0.328. The molecule has 0 unspecified atom stereocenters. The van der Waals surface area contributed by atoms with Gasteiger partial charge < -0.3 is 0 Å². The van der Waals surface area contributed by atoms with Gasteiger partial charge in [0.1, 0.15) is 0 Å². The van der Waals surface area contributed by atoms with Crippen LogP contribution in [-0.2, 0) is 25.7 Å². The minimum absolute atomic E-state index is 0.260. The van der Waals surface area contributed by atoms with Gasteiger partial charge in [-0.05, 0) is 54.0 Å². The zero-order valence-corrected chi connectivity index (χ0v) is 13.8. The van der Waals surface area contributed by atoms with E-state index in [0.717, 1.165) is 31.2 Å². The number of rotatable bonds is 1. The third kappa shape index (κ3) is 3.14. The average Bonchev–Trinajstić information content (AvgIpc) is 2.48. The second kappa shape index (κ2) is 5.72. The van der Waals surface area contributed by atoms with Crippen LogP contribution < -0.4 is 0 Å². The van der Waals surface area contributed by atoms with E-state index in [1.165, 1.54) is 22.3 Å². The topological polar surface area (TPSA) is 17.1 Å². The largest absolute Gasteiger partial charge is 0.294 e. The highest BCUT2D eigenvalue weighted by atomic mass is 16.1. The highest BCUT2D eigenvalue weighted by Gasteiger charge is 2.25. The van der Waals surface area contributed by atoms with Gasteiger partial charge in [0.25, 0.3) is 0 Å². The zero-order chi connectivity index (χ0) is 15.7. The van der Waals surface area contributed by atoms with Crippen LogP contribution in [0.5, 0.6) is 0 Å². The van der Waals surface area contributed by atoms with E-state index in [4.69, 9.17) is 0 Å². The molecule has 4 aliphatic rings. The SMILES string of the molecule is CC(C)(C)C(=O)c1cc2ccc1CCc1ccc(cc1)CC2.